The summed E-state index contributed by atoms with van der Waals surface area (Å²) in [5.74, 6) is -2.32. The molecule has 2 unspecified atom stereocenters. The number of likely N-dealkylation sites (N-methyl/N-ethyl adjacent to an activating group) is 1. The number of hydrogen-bond acceptors (Lipinski definition) is 8. The fourth-order valence-electron chi connectivity index (χ4n) is 8.70. The molecule has 0 bridgehead atoms. The standard InChI is InChI=1S/C72H121NO8/c1-6-8-10-12-14-16-18-20-22-24-26-28-30-32-34-35-37-38-40-42-44-46-48-50-52-54-56-58-60-62-69(74)79-66-68(67-80-72(71(76)77)78-65-64-73(3,4)5)81-70(75)63-61-59-57-55-53-51-49-47-45-43-41-39-36-33-31-29-27-25-23-21-19-17-15-13-11-9-7-2/h9,11,15,17-18,20-21,23-24,26-27,29-30,32-33,36,41,43,47,49,68,72H,6-8,10,12-14,16,19,22,25,28,31,34-35,37-40,42,44-46,48,50-67H2,1-5H3/b11-9-,17-15-,20-18-,23-21-,26-24-,29-27-,32-30-,36-33-,43-41-,49-47-. The van der Waals surface area contributed by atoms with Gasteiger partial charge in [-0.2, -0.15) is 0 Å². The van der Waals surface area contributed by atoms with E-state index in [0.29, 0.717) is 17.4 Å². The zero-order valence-electron chi connectivity index (χ0n) is 52.6. The summed E-state index contributed by atoms with van der Waals surface area (Å²) in [4.78, 5) is 37.4. The van der Waals surface area contributed by atoms with Crippen molar-refractivity contribution in [3.05, 3.63) is 122 Å². The molecule has 0 saturated heterocycles. The van der Waals surface area contributed by atoms with Crippen molar-refractivity contribution in [3.63, 3.8) is 0 Å². The van der Waals surface area contributed by atoms with Gasteiger partial charge in [0.1, 0.15) is 13.2 Å². The predicted octanol–water partition coefficient (Wildman–Crippen LogP) is 18.7. The summed E-state index contributed by atoms with van der Waals surface area (Å²) >= 11 is 0. The summed E-state index contributed by atoms with van der Waals surface area (Å²) in [6.45, 7) is 4.60. The van der Waals surface area contributed by atoms with Crippen molar-refractivity contribution >= 4 is 17.9 Å². The van der Waals surface area contributed by atoms with Crippen LogP contribution >= 0.6 is 0 Å². The highest BCUT2D eigenvalue weighted by molar-refractivity contribution is 5.70. The van der Waals surface area contributed by atoms with Gasteiger partial charge in [0.05, 0.1) is 40.3 Å². The summed E-state index contributed by atoms with van der Waals surface area (Å²) in [6.07, 6.45) is 84.0. The molecule has 0 radical (unpaired) electrons. The second kappa shape index (κ2) is 61.8. The van der Waals surface area contributed by atoms with Gasteiger partial charge >= 0.3 is 11.9 Å². The Morgan fingerprint density at radius 3 is 1.05 bits per heavy atom. The van der Waals surface area contributed by atoms with Crippen molar-refractivity contribution in [2.45, 2.75) is 270 Å². The summed E-state index contributed by atoms with van der Waals surface area (Å²) < 4.78 is 22.7. The zero-order chi connectivity index (χ0) is 59.1. The Morgan fingerprint density at radius 1 is 0.383 bits per heavy atom. The molecule has 0 fully saturated rings. The van der Waals surface area contributed by atoms with Gasteiger partial charge in [0.15, 0.2) is 12.4 Å². The average Bonchev–Trinajstić information content (AvgIpc) is 3.44. The Labute approximate surface area is 497 Å². The van der Waals surface area contributed by atoms with Crippen LogP contribution in [0.5, 0.6) is 0 Å². The lowest BCUT2D eigenvalue weighted by Gasteiger charge is -2.26. The van der Waals surface area contributed by atoms with Gasteiger partial charge in [-0.1, -0.05) is 257 Å². The largest absolute Gasteiger partial charge is 0.545 e. The molecule has 0 saturated carbocycles. The normalized spacial score (nSPS) is 13.5. The van der Waals surface area contributed by atoms with Crippen LogP contribution in [0, 0.1) is 0 Å². The smallest absolute Gasteiger partial charge is 0.306 e. The molecule has 0 spiro atoms. The quantitative estimate of drug-likeness (QED) is 0.0195. The molecular weight excluding hydrogens is 1010 g/mol. The molecule has 0 N–H and O–H groups in total. The number of carboxylic acids is 1. The zero-order valence-corrected chi connectivity index (χ0v) is 52.6. The number of allylic oxidation sites excluding steroid dienone is 20. The number of aliphatic carboxylic acids is 1. The van der Waals surface area contributed by atoms with Crippen molar-refractivity contribution in [2.24, 2.45) is 0 Å². The van der Waals surface area contributed by atoms with Crippen LogP contribution in [-0.4, -0.2) is 82.3 Å². The lowest BCUT2D eigenvalue weighted by molar-refractivity contribution is -0.870. The molecule has 9 heteroatoms. The molecule has 0 aromatic heterocycles. The fraction of sp³-hybridized carbons (Fsp3) is 0.681. The van der Waals surface area contributed by atoms with E-state index >= 15 is 0 Å². The van der Waals surface area contributed by atoms with E-state index in [1.54, 1.807) is 0 Å². The van der Waals surface area contributed by atoms with Crippen molar-refractivity contribution in [2.75, 3.05) is 47.5 Å². The Bertz CT molecular complexity index is 1740. The molecule has 0 amide bonds. The molecule has 2 atom stereocenters. The first kappa shape index (κ1) is 76.7. The van der Waals surface area contributed by atoms with E-state index in [-0.39, 0.29) is 38.6 Å². The molecule has 0 rings (SSSR count). The highest BCUT2D eigenvalue weighted by atomic mass is 16.7. The number of nitrogens with zero attached hydrogens (tertiary/aromatic N) is 1. The van der Waals surface area contributed by atoms with E-state index in [0.717, 1.165) is 109 Å². The number of carbonyl (C=O) groups excluding carboxylic acids is 3. The second-order valence-electron chi connectivity index (χ2n) is 22.7. The third-order valence-corrected chi connectivity index (χ3v) is 13.7. The van der Waals surface area contributed by atoms with Crippen LogP contribution in [0.3, 0.4) is 0 Å². The Hall–Kier alpha value is -4.31. The van der Waals surface area contributed by atoms with Crippen LogP contribution < -0.4 is 5.11 Å². The summed E-state index contributed by atoms with van der Waals surface area (Å²) in [5.41, 5.74) is 0. The number of carboxylic acid groups (broad SMARTS) is 1. The van der Waals surface area contributed by atoms with Gasteiger partial charge < -0.3 is 33.3 Å². The van der Waals surface area contributed by atoms with Gasteiger partial charge in [-0.3, -0.25) is 9.59 Å². The maximum Gasteiger partial charge on any atom is 0.306 e. The first-order chi connectivity index (χ1) is 39.6. The molecule has 9 nitrogen and oxygen atoms in total. The number of ether oxygens (including phenoxy) is 4. The number of esters is 2. The number of rotatable bonds is 59. The van der Waals surface area contributed by atoms with Crippen LogP contribution in [-0.2, 0) is 33.3 Å². The van der Waals surface area contributed by atoms with Crippen molar-refractivity contribution in [3.8, 4) is 0 Å². The van der Waals surface area contributed by atoms with Gasteiger partial charge in [-0.05, 0) is 109 Å². The SMILES string of the molecule is CC/C=C\C/C=C\C/C=C\C/C=C\C/C=C\C/C=C\C/C=C\CCCCCCCC(=O)OC(COC(=O)CCCCCCCCCCCCCCCC/C=C\C/C=C\C/C=C\CCCCCCC)COC(OCC[N+](C)(C)C)C(=O)[O-]. The van der Waals surface area contributed by atoms with E-state index in [1.807, 2.05) is 21.1 Å². The molecule has 0 aromatic rings. The van der Waals surface area contributed by atoms with E-state index in [4.69, 9.17) is 18.9 Å². The average molecular weight is 1130 g/mol. The second-order valence-corrected chi connectivity index (χ2v) is 22.7. The van der Waals surface area contributed by atoms with E-state index in [2.05, 4.69) is 135 Å². The minimum Gasteiger partial charge on any atom is -0.545 e. The van der Waals surface area contributed by atoms with Crippen LogP contribution in [0.15, 0.2) is 122 Å². The third kappa shape index (κ3) is 63.1. The molecular formula is C72H121NO8. The lowest BCUT2D eigenvalue weighted by atomic mass is 10.0. The minimum absolute atomic E-state index is 0.137. The number of quaternary nitrogens is 1. The first-order valence-electron chi connectivity index (χ1n) is 32.7. The molecule has 0 aliphatic carbocycles. The molecule has 0 aliphatic heterocycles. The van der Waals surface area contributed by atoms with Gasteiger partial charge in [0.25, 0.3) is 0 Å². The van der Waals surface area contributed by atoms with Gasteiger partial charge in [-0.15, -0.1) is 0 Å². The number of unbranched alkanes of at least 4 members (excludes halogenated alkanes) is 24. The lowest BCUT2D eigenvalue weighted by Crippen LogP contribution is -2.44. The minimum atomic E-state index is -1.64. The Kier molecular flexibility index (Phi) is 58.5. The van der Waals surface area contributed by atoms with Gasteiger partial charge in [0.2, 0.25) is 0 Å². The van der Waals surface area contributed by atoms with E-state index in [9.17, 15) is 19.5 Å². The van der Waals surface area contributed by atoms with E-state index in [1.165, 1.54) is 116 Å². The van der Waals surface area contributed by atoms with Crippen LogP contribution in [0.2, 0.25) is 0 Å². The maximum atomic E-state index is 12.9. The van der Waals surface area contributed by atoms with Crippen LogP contribution in [0.25, 0.3) is 0 Å². The Balaban J connectivity index is 4.24. The molecule has 462 valence electrons. The highest BCUT2D eigenvalue weighted by Gasteiger charge is 2.22. The molecule has 0 heterocycles. The van der Waals surface area contributed by atoms with Crippen LogP contribution in [0.1, 0.15) is 258 Å². The van der Waals surface area contributed by atoms with Gasteiger partial charge in [0, 0.05) is 12.8 Å². The highest BCUT2D eigenvalue weighted by Crippen LogP contribution is 2.16. The molecule has 0 aliphatic rings. The van der Waals surface area contributed by atoms with Crippen LogP contribution in [0.4, 0.5) is 0 Å². The fourth-order valence-corrected chi connectivity index (χ4v) is 8.70. The first-order valence-corrected chi connectivity index (χ1v) is 32.7. The Morgan fingerprint density at radius 2 is 0.704 bits per heavy atom. The maximum absolute atomic E-state index is 12.9. The van der Waals surface area contributed by atoms with Crippen molar-refractivity contribution < 1.29 is 42.9 Å². The van der Waals surface area contributed by atoms with E-state index < -0.39 is 24.3 Å². The number of carbonyl (C=O) groups is 3. The summed E-state index contributed by atoms with van der Waals surface area (Å²) in [6, 6.07) is 0. The van der Waals surface area contributed by atoms with Crippen molar-refractivity contribution in [1.29, 1.82) is 0 Å². The predicted molar refractivity (Wildman–Crippen MR) is 343 cm³/mol. The summed E-state index contributed by atoms with van der Waals surface area (Å²) in [5, 5.41) is 11.8. The molecule has 81 heavy (non-hydrogen) atoms. The topological polar surface area (TPSA) is 111 Å². The molecule has 0 aromatic carbocycles. The monoisotopic (exact) mass is 1130 g/mol. The summed E-state index contributed by atoms with van der Waals surface area (Å²) in [7, 11) is 5.91. The number of hydrogen-bond donors (Lipinski definition) is 0. The van der Waals surface area contributed by atoms with Crippen molar-refractivity contribution in [1.82, 2.24) is 0 Å². The van der Waals surface area contributed by atoms with Gasteiger partial charge in [-0.25, -0.2) is 0 Å². The third-order valence-electron chi connectivity index (χ3n) is 13.7.